The maximum Gasteiger partial charge on any atom is 0.311 e. The minimum Gasteiger partial charge on any atom is -0.481 e. The smallest absolute Gasteiger partial charge is 0.311 e. The Hall–Kier alpha value is -3.43. The largest absolute Gasteiger partial charge is 0.481 e. The Balaban J connectivity index is 1.83. The molecular weight excluding hydrogens is 467 g/mol. The first-order chi connectivity index (χ1) is 16.1. The Bertz CT molecular complexity index is 1170. The van der Waals surface area contributed by atoms with E-state index in [1.54, 1.807) is 24.3 Å². The molecule has 1 unspecified atom stereocenters. The van der Waals surface area contributed by atoms with Gasteiger partial charge in [0, 0.05) is 16.6 Å². The van der Waals surface area contributed by atoms with Crippen LogP contribution in [0, 0.1) is 11.2 Å². The lowest BCUT2D eigenvalue weighted by molar-refractivity contribution is -0.151. The summed E-state index contributed by atoms with van der Waals surface area (Å²) in [6.45, 7) is 0.787. The summed E-state index contributed by atoms with van der Waals surface area (Å²) in [6.07, 6.45) is 0.193. The number of methoxy groups -OCH3 is 1. The number of hydrogen-bond acceptors (Lipinski definition) is 6. The standard InChI is InChI=1S/C24H24ClFN2O6/c1-24(13-29,23(31)32)12-17(27-22(30)20-11-21(33-2)28-34-20)9-14-3-5-15(6-4-14)18-10-16(25)7-8-19(18)26/h3-8,10-11,17,29H,9,12-13H2,1-2H3,(H,27,30)(H,31,32)/t17-,24?/m1/s1. The number of rotatable bonds is 10. The molecule has 1 amide bonds. The first-order valence-electron chi connectivity index (χ1n) is 10.4. The maximum absolute atomic E-state index is 14.2. The fourth-order valence-electron chi connectivity index (χ4n) is 3.48. The van der Waals surface area contributed by atoms with Gasteiger partial charge in [-0.3, -0.25) is 9.59 Å². The van der Waals surface area contributed by atoms with E-state index in [9.17, 15) is 24.2 Å². The predicted molar refractivity (Wildman–Crippen MR) is 122 cm³/mol. The van der Waals surface area contributed by atoms with Crippen molar-refractivity contribution in [3.8, 4) is 17.0 Å². The minimum absolute atomic E-state index is 0.0550. The number of aliphatic carboxylic acids is 1. The van der Waals surface area contributed by atoms with Crippen molar-refractivity contribution in [1.82, 2.24) is 10.5 Å². The summed E-state index contributed by atoms with van der Waals surface area (Å²) in [7, 11) is 1.38. The van der Waals surface area contributed by atoms with Crippen LogP contribution < -0.4 is 10.1 Å². The molecule has 3 aromatic rings. The number of amides is 1. The lowest BCUT2D eigenvalue weighted by atomic mass is 9.82. The van der Waals surface area contributed by atoms with Crippen LogP contribution in [0.5, 0.6) is 5.88 Å². The van der Waals surface area contributed by atoms with Crippen LogP contribution in [0.25, 0.3) is 11.1 Å². The highest BCUT2D eigenvalue weighted by molar-refractivity contribution is 6.30. The number of carbonyl (C=O) groups is 2. The summed E-state index contributed by atoms with van der Waals surface area (Å²) in [4.78, 5) is 24.4. The number of nitrogens with zero attached hydrogens (tertiary/aromatic N) is 1. The molecule has 0 saturated carbocycles. The van der Waals surface area contributed by atoms with Crippen molar-refractivity contribution in [2.24, 2.45) is 5.41 Å². The van der Waals surface area contributed by atoms with Gasteiger partial charge in [-0.2, -0.15) is 0 Å². The lowest BCUT2D eigenvalue weighted by Gasteiger charge is -2.28. The number of aliphatic hydroxyl groups excluding tert-OH is 1. The number of nitrogens with one attached hydrogen (secondary N) is 1. The van der Waals surface area contributed by atoms with Crippen LogP contribution in [-0.4, -0.2) is 47.0 Å². The molecule has 3 rings (SSSR count). The van der Waals surface area contributed by atoms with Crippen molar-refractivity contribution in [3.63, 3.8) is 0 Å². The summed E-state index contributed by atoms with van der Waals surface area (Å²) < 4.78 is 24.1. The molecule has 34 heavy (non-hydrogen) atoms. The van der Waals surface area contributed by atoms with Crippen LogP contribution in [0.1, 0.15) is 29.5 Å². The Labute approximate surface area is 200 Å². The van der Waals surface area contributed by atoms with Crippen molar-refractivity contribution in [1.29, 1.82) is 0 Å². The van der Waals surface area contributed by atoms with Crippen LogP contribution in [-0.2, 0) is 11.2 Å². The molecule has 3 N–H and O–H groups in total. The highest BCUT2D eigenvalue weighted by atomic mass is 35.5. The van der Waals surface area contributed by atoms with Crippen molar-refractivity contribution in [2.45, 2.75) is 25.8 Å². The summed E-state index contributed by atoms with van der Waals surface area (Å²) in [5.41, 5.74) is 0.240. The lowest BCUT2D eigenvalue weighted by Crippen LogP contribution is -2.44. The van der Waals surface area contributed by atoms with Crippen molar-refractivity contribution in [2.75, 3.05) is 13.7 Å². The number of aromatic nitrogens is 1. The summed E-state index contributed by atoms with van der Waals surface area (Å²) in [5.74, 6) is -2.19. The molecule has 0 bridgehead atoms. The normalized spacial score (nSPS) is 13.7. The Morgan fingerprint density at radius 3 is 2.53 bits per heavy atom. The molecule has 2 atom stereocenters. The van der Waals surface area contributed by atoms with Gasteiger partial charge in [-0.25, -0.2) is 4.39 Å². The van der Waals surface area contributed by atoms with Crippen LogP contribution in [0.2, 0.25) is 5.02 Å². The first kappa shape index (κ1) is 25.2. The van der Waals surface area contributed by atoms with Gasteiger partial charge in [0.25, 0.3) is 11.8 Å². The second-order valence-corrected chi connectivity index (χ2v) is 8.59. The average molecular weight is 491 g/mol. The summed E-state index contributed by atoms with van der Waals surface area (Å²) in [5, 5.41) is 26.0. The third-order valence-electron chi connectivity index (χ3n) is 5.49. The maximum atomic E-state index is 14.2. The molecule has 8 nitrogen and oxygen atoms in total. The molecule has 0 aliphatic carbocycles. The molecule has 1 heterocycles. The first-order valence-corrected chi connectivity index (χ1v) is 10.7. The van der Waals surface area contributed by atoms with Gasteiger partial charge in [-0.15, -0.1) is 0 Å². The number of benzene rings is 2. The van der Waals surface area contributed by atoms with E-state index >= 15 is 0 Å². The molecule has 10 heteroatoms. The molecule has 1 aromatic heterocycles. The third-order valence-corrected chi connectivity index (χ3v) is 5.73. The van der Waals surface area contributed by atoms with Crippen LogP contribution in [0.15, 0.2) is 53.1 Å². The van der Waals surface area contributed by atoms with Crippen LogP contribution >= 0.6 is 11.6 Å². The second kappa shape index (κ2) is 10.7. The van der Waals surface area contributed by atoms with Crippen molar-refractivity contribution < 1.29 is 33.5 Å². The summed E-state index contributed by atoms with van der Waals surface area (Å²) in [6, 6.07) is 11.9. The molecule has 0 radical (unpaired) electrons. The van der Waals surface area contributed by atoms with Gasteiger partial charge in [0.15, 0.2) is 0 Å². The predicted octanol–water partition coefficient (Wildman–Crippen LogP) is 3.96. The second-order valence-electron chi connectivity index (χ2n) is 8.16. The fraction of sp³-hybridized carbons (Fsp3) is 0.292. The number of ether oxygens (including phenoxy) is 1. The quantitative estimate of drug-likeness (QED) is 0.393. The number of carbonyl (C=O) groups excluding carboxylic acids is 1. The molecule has 180 valence electrons. The monoisotopic (exact) mass is 490 g/mol. The molecule has 2 aromatic carbocycles. The van der Waals surface area contributed by atoms with E-state index in [-0.39, 0.29) is 24.5 Å². The average Bonchev–Trinajstić information content (AvgIpc) is 3.30. The van der Waals surface area contributed by atoms with E-state index < -0.39 is 35.8 Å². The van der Waals surface area contributed by atoms with Crippen LogP contribution in [0.4, 0.5) is 4.39 Å². The Kier molecular flexibility index (Phi) is 7.90. The van der Waals surface area contributed by atoms with E-state index in [0.29, 0.717) is 16.1 Å². The van der Waals surface area contributed by atoms with E-state index in [1.165, 1.54) is 38.3 Å². The molecule has 0 spiro atoms. The number of aliphatic hydroxyl groups is 1. The summed E-state index contributed by atoms with van der Waals surface area (Å²) >= 11 is 5.98. The Morgan fingerprint density at radius 2 is 1.94 bits per heavy atom. The van der Waals surface area contributed by atoms with Crippen molar-refractivity contribution in [3.05, 3.63) is 70.7 Å². The van der Waals surface area contributed by atoms with E-state index in [0.717, 1.165) is 5.56 Å². The van der Waals surface area contributed by atoms with E-state index in [4.69, 9.17) is 20.9 Å². The zero-order valence-corrected chi connectivity index (χ0v) is 19.3. The van der Waals surface area contributed by atoms with Gasteiger partial charge in [0.1, 0.15) is 5.82 Å². The SMILES string of the molecule is COc1cc(C(=O)N[C@H](Cc2ccc(-c3cc(Cl)ccc3F)cc2)CC(C)(CO)C(=O)O)on1. The Morgan fingerprint density at radius 1 is 1.24 bits per heavy atom. The van der Waals surface area contributed by atoms with Gasteiger partial charge >= 0.3 is 5.97 Å². The molecule has 0 aliphatic heterocycles. The fourth-order valence-corrected chi connectivity index (χ4v) is 3.65. The van der Waals surface area contributed by atoms with Crippen molar-refractivity contribution >= 4 is 23.5 Å². The van der Waals surface area contributed by atoms with E-state index in [1.807, 2.05) is 0 Å². The molecule has 0 aliphatic rings. The van der Waals surface area contributed by atoms with Gasteiger partial charge < -0.3 is 24.8 Å². The zero-order chi connectivity index (χ0) is 24.9. The van der Waals surface area contributed by atoms with Gasteiger partial charge in [0.2, 0.25) is 5.76 Å². The molecular formula is C24H24ClFN2O6. The number of carboxylic acids is 1. The number of halogens is 2. The van der Waals surface area contributed by atoms with Crippen LogP contribution in [0.3, 0.4) is 0 Å². The zero-order valence-electron chi connectivity index (χ0n) is 18.5. The third kappa shape index (κ3) is 5.92. The van der Waals surface area contributed by atoms with E-state index in [2.05, 4.69) is 10.5 Å². The number of hydrogen-bond donors (Lipinski definition) is 3. The van der Waals surface area contributed by atoms with Gasteiger partial charge in [0.05, 0.1) is 25.2 Å². The van der Waals surface area contributed by atoms with Gasteiger partial charge in [-0.1, -0.05) is 35.9 Å². The highest BCUT2D eigenvalue weighted by Gasteiger charge is 2.36. The molecule has 0 fully saturated rings. The van der Waals surface area contributed by atoms with Gasteiger partial charge in [-0.05, 0) is 54.2 Å². The minimum atomic E-state index is -1.49. The molecule has 0 saturated heterocycles. The highest BCUT2D eigenvalue weighted by Crippen LogP contribution is 2.28. The number of carboxylic acid groups (broad SMARTS) is 1. The topological polar surface area (TPSA) is 122 Å².